The number of halogens is 3. The molecule has 1 saturated carbocycles. The maximum absolute atomic E-state index is 6.17. The fraction of sp³-hybridized carbons (Fsp3) is 0.571. The Labute approximate surface area is 130 Å². The summed E-state index contributed by atoms with van der Waals surface area (Å²) in [6.07, 6.45) is 6.46. The summed E-state index contributed by atoms with van der Waals surface area (Å²) in [4.78, 5) is 0. The molecule has 4 heteroatoms. The summed E-state index contributed by atoms with van der Waals surface area (Å²) >= 11 is 13.2. The minimum absolute atomic E-state index is 0.286. The third-order valence-electron chi connectivity index (χ3n) is 3.63. The van der Waals surface area contributed by atoms with Crippen LogP contribution in [0.25, 0.3) is 0 Å². The zero-order valence-corrected chi connectivity index (χ0v) is 14.2. The van der Waals surface area contributed by atoms with Gasteiger partial charge < -0.3 is 4.74 Å². The van der Waals surface area contributed by atoms with Gasteiger partial charge in [0.15, 0.2) is 0 Å². The van der Waals surface area contributed by atoms with E-state index in [1.165, 1.54) is 32.1 Å². The summed E-state index contributed by atoms with van der Waals surface area (Å²) in [5, 5.41) is 1.68. The van der Waals surface area contributed by atoms with Crippen molar-refractivity contribution in [3.8, 4) is 5.75 Å². The van der Waals surface area contributed by atoms with Crippen molar-refractivity contribution >= 4 is 43.5 Å². The quantitative estimate of drug-likeness (QED) is 0.582. The third kappa shape index (κ3) is 3.64. The molecule has 0 unspecified atom stereocenters. The summed E-state index contributed by atoms with van der Waals surface area (Å²) in [5.74, 6) is 0.783. The molecule has 2 rings (SSSR count). The number of benzene rings is 1. The molecule has 0 atom stereocenters. The molecule has 0 heterocycles. The molecule has 1 aliphatic carbocycles. The van der Waals surface area contributed by atoms with E-state index in [1.807, 2.05) is 18.2 Å². The molecule has 0 spiro atoms. The summed E-state index contributed by atoms with van der Waals surface area (Å²) in [6, 6.07) is 5.76. The lowest BCUT2D eigenvalue weighted by molar-refractivity contribution is 0.122. The van der Waals surface area contributed by atoms with E-state index in [-0.39, 0.29) is 5.41 Å². The topological polar surface area (TPSA) is 9.23 Å². The zero-order valence-electron chi connectivity index (χ0n) is 10.2. The van der Waals surface area contributed by atoms with Gasteiger partial charge in [-0.25, -0.2) is 0 Å². The first-order valence-corrected chi connectivity index (χ1v) is 8.58. The van der Waals surface area contributed by atoms with Gasteiger partial charge in [-0.05, 0) is 31.0 Å². The van der Waals surface area contributed by atoms with Crippen LogP contribution in [0.2, 0.25) is 5.02 Å². The Morgan fingerprint density at radius 2 is 1.94 bits per heavy atom. The highest BCUT2D eigenvalue weighted by Crippen LogP contribution is 2.39. The predicted molar refractivity (Wildman–Crippen MR) is 84.0 cm³/mol. The average molecular weight is 397 g/mol. The maximum Gasteiger partial charge on any atom is 0.137 e. The Morgan fingerprint density at radius 3 is 2.56 bits per heavy atom. The summed E-state index contributed by atoms with van der Waals surface area (Å²) in [5.41, 5.74) is 0.286. The Morgan fingerprint density at radius 1 is 1.22 bits per heavy atom. The van der Waals surface area contributed by atoms with Crippen molar-refractivity contribution in [1.29, 1.82) is 0 Å². The molecule has 1 aliphatic rings. The van der Waals surface area contributed by atoms with Gasteiger partial charge in [0.1, 0.15) is 5.75 Å². The Hall–Kier alpha value is 0.270. The number of hydrogen-bond donors (Lipinski definition) is 0. The summed E-state index contributed by atoms with van der Waals surface area (Å²) < 4.78 is 6.92. The molecule has 0 radical (unpaired) electrons. The van der Waals surface area contributed by atoms with Crippen molar-refractivity contribution in [1.82, 2.24) is 0 Å². The van der Waals surface area contributed by atoms with Crippen molar-refractivity contribution in [3.05, 3.63) is 27.7 Å². The zero-order chi connectivity index (χ0) is 13.0. The van der Waals surface area contributed by atoms with Crippen molar-refractivity contribution in [3.63, 3.8) is 0 Å². The molecule has 0 aliphatic heterocycles. The third-order valence-corrected chi connectivity index (χ3v) is 5.60. The molecule has 1 fully saturated rings. The van der Waals surface area contributed by atoms with E-state index in [0.717, 1.165) is 22.2 Å². The first kappa shape index (κ1) is 14.7. The molecule has 18 heavy (non-hydrogen) atoms. The van der Waals surface area contributed by atoms with Gasteiger partial charge in [-0.2, -0.15) is 0 Å². The first-order valence-electron chi connectivity index (χ1n) is 6.29. The van der Waals surface area contributed by atoms with Crippen LogP contribution in [0.5, 0.6) is 5.75 Å². The van der Waals surface area contributed by atoms with E-state index < -0.39 is 0 Å². The number of rotatable bonds is 4. The minimum atomic E-state index is 0.286. The second kappa shape index (κ2) is 6.62. The van der Waals surface area contributed by atoms with E-state index in [4.69, 9.17) is 16.3 Å². The SMILES string of the molecule is Clc1cc(Br)ccc1OCC1(CBr)CCCCC1. The van der Waals surface area contributed by atoms with Gasteiger partial charge in [-0.1, -0.05) is 62.7 Å². The lowest BCUT2D eigenvalue weighted by atomic mass is 9.76. The molecule has 0 aromatic heterocycles. The minimum Gasteiger partial charge on any atom is -0.491 e. The molecule has 0 amide bonds. The van der Waals surface area contributed by atoms with Gasteiger partial charge in [-0.15, -0.1) is 0 Å². The fourth-order valence-electron chi connectivity index (χ4n) is 2.44. The standard InChI is InChI=1S/C14H17Br2ClO/c15-9-14(6-2-1-3-7-14)10-18-13-5-4-11(16)8-12(13)17/h4-5,8H,1-3,6-7,9-10H2. The molecule has 1 nitrogen and oxygen atoms in total. The highest BCUT2D eigenvalue weighted by atomic mass is 79.9. The van der Waals surface area contributed by atoms with Crippen LogP contribution in [0.1, 0.15) is 32.1 Å². The van der Waals surface area contributed by atoms with Crippen molar-refractivity contribution in [2.24, 2.45) is 5.41 Å². The molecule has 100 valence electrons. The monoisotopic (exact) mass is 394 g/mol. The van der Waals surface area contributed by atoms with E-state index in [0.29, 0.717) is 5.02 Å². The Kier molecular flexibility index (Phi) is 5.40. The van der Waals surface area contributed by atoms with E-state index in [2.05, 4.69) is 31.9 Å². The van der Waals surface area contributed by atoms with E-state index >= 15 is 0 Å². The predicted octanol–water partition coefficient (Wildman–Crippen LogP) is 5.83. The highest BCUT2D eigenvalue weighted by Gasteiger charge is 2.32. The van der Waals surface area contributed by atoms with Gasteiger partial charge in [0, 0.05) is 15.2 Å². The van der Waals surface area contributed by atoms with Gasteiger partial charge in [0.2, 0.25) is 0 Å². The fourth-order valence-corrected chi connectivity index (χ4v) is 3.89. The van der Waals surface area contributed by atoms with Gasteiger partial charge in [0.25, 0.3) is 0 Å². The van der Waals surface area contributed by atoms with E-state index in [1.54, 1.807) is 0 Å². The van der Waals surface area contributed by atoms with Gasteiger partial charge in [0.05, 0.1) is 11.6 Å². The molecule has 0 N–H and O–H groups in total. The number of ether oxygens (including phenoxy) is 1. The van der Waals surface area contributed by atoms with Crippen molar-refractivity contribution in [2.75, 3.05) is 11.9 Å². The Balaban J connectivity index is 2.01. The summed E-state index contributed by atoms with van der Waals surface area (Å²) in [6.45, 7) is 0.750. The normalized spacial score (nSPS) is 18.6. The van der Waals surface area contributed by atoms with Gasteiger partial charge in [-0.3, -0.25) is 0 Å². The number of hydrogen-bond acceptors (Lipinski definition) is 1. The van der Waals surface area contributed by atoms with E-state index in [9.17, 15) is 0 Å². The second-order valence-electron chi connectivity index (χ2n) is 5.06. The van der Waals surface area contributed by atoms with Crippen LogP contribution in [0.4, 0.5) is 0 Å². The second-order valence-corrected chi connectivity index (χ2v) is 6.94. The Bertz CT molecular complexity index is 403. The van der Waals surface area contributed by atoms with Crippen LogP contribution >= 0.6 is 43.5 Å². The van der Waals surface area contributed by atoms with Crippen LogP contribution in [-0.4, -0.2) is 11.9 Å². The van der Waals surface area contributed by atoms with Crippen LogP contribution in [0.3, 0.4) is 0 Å². The molecule has 1 aromatic rings. The first-order chi connectivity index (χ1) is 8.65. The number of alkyl halides is 1. The van der Waals surface area contributed by atoms with Crippen molar-refractivity contribution < 1.29 is 4.74 Å². The lowest BCUT2D eigenvalue weighted by Gasteiger charge is -2.35. The van der Waals surface area contributed by atoms with Crippen LogP contribution < -0.4 is 4.74 Å². The molecule has 0 bridgehead atoms. The molecule has 1 aromatic carbocycles. The van der Waals surface area contributed by atoms with Crippen molar-refractivity contribution in [2.45, 2.75) is 32.1 Å². The summed E-state index contributed by atoms with van der Waals surface area (Å²) in [7, 11) is 0. The molecular formula is C14H17Br2ClO. The van der Waals surface area contributed by atoms with Crippen LogP contribution in [0.15, 0.2) is 22.7 Å². The lowest BCUT2D eigenvalue weighted by Crippen LogP contribution is -2.32. The smallest absolute Gasteiger partial charge is 0.137 e. The van der Waals surface area contributed by atoms with Crippen LogP contribution in [-0.2, 0) is 0 Å². The molecule has 0 saturated heterocycles. The maximum atomic E-state index is 6.17. The largest absolute Gasteiger partial charge is 0.491 e. The molecular weight excluding hydrogens is 379 g/mol. The average Bonchev–Trinajstić information content (AvgIpc) is 2.39. The van der Waals surface area contributed by atoms with Crippen LogP contribution in [0, 0.1) is 5.41 Å². The highest BCUT2D eigenvalue weighted by molar-refractivity contribution is 9.10. The van der Waals surface area contributed by atoms with Gasteiger partial charge >= 0.3 is 0 Å².